The number of aromatic nitrogens is 3. The fourth-order valence-electron chi connectivity index (χ4n) is 1.23. The Hall–Kier alpha value is -1.65. The monoisotopic (exact) mass is 207 g/mol. The quantitative estimate of drug-likeness (QED) is 0.713. The van der Waals surface area contributed by atoms with E-state index in [1.807, 2.05) is 0 Å². The third-order valence-electron chi connectivity index (χ3n) is 2.04. The molecule has 1 heterocycles. The first-order valence-electron chi connectivity index (χ1n) is 5.11. The Labute approximate surface area is 90.2 Å². The van der Waals surface area contributed by atoms with Gasteiger partial charge in [-0.3, -0.25) is 0 Å². The van der Waals surface area contributed by atoms with Crippen molar-refractivity contribution in [3.05, 3.63) is 18.9 Å². The molecule has 1 rings (SSSR count). The van der Waals surface area contributed by atoms with Crippen molar-refractivity contribution in [3.8, 4) is 0 Å². The molecule has 5 heteroatoms. The number of hydrogen-bond donors (Lipinski definition) is 1. The summed E-state index contributed by atoms with van der Waals surface area (Å²) in [6.45, 7) is 10.3. The van der Waals surface area contributed by atoms with Gasteiger partial charge in [0.2, 0.25) is 5.95 Å². The molecule has 0 saturated carbocycles. The summed E-state index contributed by atoms with van der Waals surface area (Å²) in [6, 6.07) is 0. The standard InChI is InChI=1S/C10H17N5/c1-4-7-11-10-13-9(8-12-14-10)15(5-2)6-3/h4,8H,1,5-7H2,2-3H3,(H,11,13,14). The molecule has 5 nitrogen and oxygen atoms in total. The van der Waals surface area contributed by atoms with E-state index in [0.717, 1.165) is 18.9 Å². The molecule has 0 aromatic carbocycles. The van der Waals surface area contributed by atoms with Gasteiger partial charge in [-0.2, -0.15) is 10.1 Å². The van der Waals surface area contributed by atoms with E-state index in [-0.39, 0.29) is 0 Å². The van der Waals surface area contributed by atoms with E-state index in [9.17, 15) is 0 Å². The fraction of sp³-hybridized carbons (Fsp3) is 0.500. The molecule has 1 aromatic rings. The normalized spacial score (nSPS) is 9.73. The van der Waals surface area contributed by atoms with Gasteiger partial charge in [0.05, 0.1) is 6.20 Å². The molecule has 0 atom stereocenters. The number of nitrogens with zero attached hydrogens (tertiary/aromatic N) is 4. The molecule has 0 radical (unpaired) electrons. The summed E-state index contributed by atoms with van der Waals surface area (Å²) in [4.78, 5) is 6.46. The highest BCUT2D eigenvalue weighted by Gasteiger charge is 2.05. The minimum atomic E-state index is 0.541. The van der Waals surface area contributed by atoms with Gasteiger partial charge in [-0.15, -0.1) is 11.7 Å². The van der Waals surface area contributed by atoms with Crippen molar-refractivity contribution in [1.29, 1.82) is 0 Å². The van der Waals surface area contributed by atoms with E-state index in [4.69, 9.17) is 0 Å². The van der Waals surface area contributed by atoms with Gasteiger partial charge in [0.15, 0.2) is 5.82 Å². The van der Waals surface area contributed by atoms with E-state index in [1.54, 1.807) is 12.3 Å². The molecule has 0 fully saturated rings. The zero-order valence-corrected chi connectivity index (χ0v) is 9.27. The summed E-state index contributed by atoms with van der Waals surface area (Å²) in [6.07, 6.45) is 3.43. The lowest BCUT2D eigenvalue weighted by Gasteiger charge is -2.19. The zero-order valence-electron chi connectivity index (χ0n) is 9.27. The van der Waals surface area contributed by atoms with Crippen LogP contribution < -0.4 is 10.2 Å². The van der Waals surface area contributed by atoms with Crippen LogP contribution in [0.2, 0.25) is 0 Å². The van der Waals surface area contributed by atoms with Gasteiger partial charge in [0.25, 0.3) is 0 Å². The Bertz CT molecular complexity index is 308. The van der Waals surface area contributed by atoms with E-state index < -0.39 is 0 Å². The first-order chi connectivity index (χ1) is 7.31. The maximum atomic E-state index is 4.35. The summed E-state index contributed by atoms with van der Waals surface area (Å²) in [5.41, 5.74) is 0. The van der Waals surface area contributed by atoms with Crippen molar-refractivity contribution in [3.63, 3.8) is 0 Å². The van der Waals surface area contributed by atoms with Crippen molar-refractivity contribution in [2.75, 3.05) is 29.9 Å². The smallest absolute Gasteiger partial charge is 0.244 e. The molecule has 0 amide bonds. The molecule has 1 N–H and O–H groups in total. The van der Waals surface area contributed by atoms with Crippen molar-refractivity contribution in [1.82, 2.24) is 15.2 Å². The molecule has 15 heavy (non-hydrogen) atoms. The van der Waals surface area contributed by atoms with Crippen molar-refractivity contribution >= 4 is 11.8 Å². The van der Waals surface area contributed by atoms with Gasteiger partial charge < -0.3 is 10.2 Å². The SMILES string of the molecule is C=CCNc1nncc(N(CC)CC)n1. The second-order valence-electron chi connectivity index (χ2n) is 2.98. The lowest BCUT2D eigenvalue weighted by atomic mass is 10.5. The van der Waals surface area contributed by atoms with Gasteiger partial charge >= 0.3 is 0 Å². The molecule has 0 bridgehead atoms. The minimum absolute atomic E-state index is 0.541. The van der Waals surface area contributed by atoms with Gasteiger partial charge in [0.1, 0.15) is 0 Å². The van der Waals surface area contributed by atoms with Crippen LogP contribution in [0.15, 0.2) is 18.9 Å². The predicted octanol–water partition coefficient (Wildman–Crippen LogP) is 1.32. The highest BCUT2D eigenvalue weighted by Crippen LogP contribution is 2.09. The number of rotatable bonds is 6. The van der Waals surface area contributed by atoms with Crippen molar-refractivity contribution in [2.45, 2.75) is 13.8 Å². The van der Waals surface area contributed by atoms with E-state index in [0.29, 0.717) is 12.5 Å². The second-order valence-corrected chi connectivity index (χ2v) is 2.98. The van der Waals surface area contributed by atoms with Gasteiger partial charge in [-0.05, 0) is 13.8 Å². The topological polar surface area (TPSA) is 53.9 Å². The maximum absolute atomic E-state index is 4.35. The van der Waals surface area contributed by atoms with E-state index in [1.165, 1.54) is 0 Å². The largest absolute Gasteiger partial charge is 0.356 e. The zero-order chi connectivity index (χ0) is 11.1. The molecular weight excluding hydrogens is 190 g/mol. The van der Waals surface area contributed by atoms with Crippen molar-refractivity contribution in [2.24, 2.45) is 0 Å². The fourth-order valence-corrected chi connectivity index (χ4v) is 1.23. The number of hydrogen-bond acceptors (Lipinski definition) is 5. The molecule has 0 aliphatic heterocycles. The Morgan fingerprint density at radius 2 is 2.20 bits per heavy atom. The number of nitrogens with one attached hydrogen (secondary N) is 1. The third-order valence-corrected chi connectivity index (χ3v) is 2.04. The predicted molar refractivity (Wildman–Crippen MR) is 62.1 cm³/mol. The Morgan fingerprint density at radius 3 is 2.80 bits per heavy atom. The van der Waals surface area contributed by atoms with Crippen LogP contribution in [0, 0.1) is 0 Å². The molecule has 0 unspecified atom stereocenters. The number of anilines is 2. The van der Waals surface area contributed by atoms with Crippen LogP contribution in [0.5, 0.6) is 0 Å². The highest BCUT2D eigenvalue weighted by atomic mass is 15.3. The lowest BCUT2D eigenvalue weighted by molar-refractivity contribution is 0.824. The molecule has 82 valence electrons. The van der Waals surface area contributed by atoms with Crippen LogP contribution in [0.3, 0.4) is 0 Å². The van der Waals surface area contributed by atoms with Crippen LogP contribution >= 0.6 is 0 Å². The third kappa shape index (κ3) is 3.19. The Kier molecular flexibility index (Phi) is 4.53. The van der Waals surface area contributed by atoms with Gasteiger partial charge in [-0.25, -0.2) is 0 Å². The first-order valence-corrected chi connectivity index (χ1v) is 5.11. The first kappa shape index (κ1) is 11.4. The summed E-state index contributed by atoms with van der Waals surface area (Å²) < 4.78 is 0. The molecule has 1 aromatic heterocycles. The van der Waals surface area contributed by atoms with E-state index in [2.05, 4.69) is 45.8 Å². The van der Waals surface area contributed by atoms with Crippen LogP contribution in [-0.2, 0) is 0 Å². The Balaban J connectivity index is 2.76. The minimum Gasteiger partial charge on any atom is -0.356 e. The molecule has 0 aliphatic carbocycles. The molecular formula is C10H17N5. The summed E-state index contributed by atoms with van der Waals surface area (Å²) in [5, 5.41) is 10.8. The lowest BCUT2D eigenvalue weighted by Crippen LogP contribution is -2.23. The molecule has 0 saturated heterocycles. The van der Waals surface area contributed by atoms with Crippen LogP contribution in [0.4, 0.5) is 11.8 Å². The average molecular weight is 207 g/mol. The summed E-state index contributed by atoms with van der Waals surface area (Å²) in [5.74, 6) is 1.39. The van der Waals surface area contributed by atoms with Crippen LogP contribution in [0.1, 0.15) is 13.8 Å². The second kappa shape index (κ2) is 5.95. The summed E-state index contributed by atoms with van der Waals surface area (Å²) >= 11 is 0. The maximum Gasteiger partial charge on any atom is 0.244 e. The van der Waals surface area contributed by atoms with Gasteiger partial charge in [0, 0.05) is 19.6 Å². The van der Waals surface area contributed by atoms with Gasteiger partial charge in [-0.1, -0.05) is 6.08 Å². The van der Waals surface area contributed by atoms with Crippen LogP contribution in [0.25, 0.3) is 0 Å². The molecule has 0 aliphatic rings. The summed E-state index contributed by atoms with van der Waals surface area (Å²) in [7, 11) is 0. The molecule has 0 spiro atoms. The Morgan fingerprint density at radius 1 is 1.47 bits per heavy atom. The highest BCUT2D eigenvalue weighted by molar-refractivity contribution is 5.39. The van der Waals surface area contributed by atoms with Crippen LogP contribution in [-0.4, -0.2) is 34.8 Å². The van der Waals surface area contributed by atoms with E-state index >= 15 is 0 Å². The van der Waals surface area contributed by atoms with Crippen molar-refractivity contribution < 1.29 is 0 Å². The average Bonchev–Trinajstić information content (AvgIpc) is 2.29.